The number of para-hydroxylation sites is 1. The van der Waals surface area contributed by atoms with Crippen LogP contribution in [-0.4, -0.2) is 14.8 Å². The average Bonchev–Trinajstić information content (AvgIpc) is 3.15. The first-order valence-electron chi connectivity index (χ1n) is 6.36. The van der Waals surface area contributed by atoms with E-state index in [1.165, 1.54) is 0 Å². The standard InChI is InChI=1S/C16H11N3S/c1-2-6-12(7-3-1)19-16-13(8-4-10-17-16)15(18-19)14-9-5-11-20-14/h1-11H. The molecule has 3 heterocycles. The number of benzene rings is 1. The molecule has 0 unspecified atom stereocenters. The highest BCUT2D eigenvalue weighted by Crippen LogP contribution is 2.31. The van der Waals surface area contributed by atoms with Gasteiger partial charge in [-0.1, -0.05) is 24.3 Å². The highest BCUT2D eigenvalue weighted by molar-refractivity contribution is 7.13. The van der Waals surface area contributed by atoms with Crippen molar-refractivity contribution >= 4 is 22.4 Å². The van der Waals surface area contributed by atoms with Crippen LogP contribution in [0.15, 0.2) is 66.2 Å². The van der Waals surface area contributed by atoms with Gasteiger partial charge in [-0.25, -0.2) is 9.67 Å². The lowest BCUT2D eigenvalue weighted by Crippen LogP contribution is -1.96. The molecule has 0 atom stereocenters. The van der Waals surface area contributed by atoms with Crippen LogP contribution in [0.25, 0.3) is 27.3 Å². The number of fused-ring (bicyclic) bond motifs is 1. The second-order valence-corrected chi connectivity index (χ2v) is 5.40. The fourth-order valence-corrected chi connectivity index (χ4v) is 3.02. The molecule has 0 radical (unpaired) electrons. The molecule has 0 spiro atoms. The first-order chi connectivity index (χ1) is 9.93. The van der Waals surface area contributed by atoms with E-state index in [4.69, 9.17) is 5.10 Å². The van der Waals surface area contributed by atoms with Gasteiger partial charge >= 0.3 is 0 Å². The van der Waals surface area contributed by atoms with Gasteiger partial charge < -0.3 is 0 Å². The minimum Gasteiger partial charge on any atom is -0.237 e. The number of hydrogen-bond acceptors (Lipinski definition) is 3. The summed E-state index contributed by atoms with van der Waals surface area (Å²) in [5.41, 5.74) is 2.91. The summed E-state index contributed by atoms with van der Waals surface area (Å²) in [6, 6.07) is 18.3. The van der Waals surface area contributed by atoms with Gasteiger partial charge in [-0.15, -0.1) is 11.3 Å². The van der Waals surface area contributed by atoms with E-state index >= 15 is 0 Å². The Morgan fingerprint density at radius 2 is 1.80 bits per heavy atom. The minimum absolute atomic E-state index is 0.891. The molecule has 0 amide bonds. The van der Waals surface area contributed by atoms with E-state index in [0.717, 1.165) is 27.3 Å². The first kappa shape index (κ1) is 11.4. The third-order valence-electron chi connectivity index (χ3n) is 3.20. The van der Waals surface area contributed by atoms with Crippen LogP contribution in [0.3, 0.4) is 0 Å². The Morgan fingerprint density at radius 3 is 2.60 bits per heavy atom. The Labute approximate surface area is 120 Å². The van der Waals surface area contributed by atoms with Crippen LogP contribution in [0.1, 0.15) is 0 Å². The zero-order valence-electron chi connectivity index (χ0n) is 10.6. The van der Waals surface area contributed by atoms with E-state index < -0.39 is 0 Å². The number of rotatable bonds is 2. The van der Waals surface area contributed by atoms with Gasteiger partial charge in [0.15, 0.2) is 5.65 Å². The van der Waals surface area contributed by atoms with Gasteiger partial charge in [0.2, 0.25) is 0 Å². The first-order valence-corrected chi connectivity index (χ1v) is 7.24. The SMILES string of the molecule is c1ccc(-n2nc(-c3cccs3)c3cccnc32)cc1. The van der Waals surface area contributed by atoms with Gasteiger partial charge in [0.1, 0.15) is 5.69 Å². The normalized spacial score (nSPS) is 11.0. The molecular weight excluding hydrogens is 266 g/mol. The summed E-state index contributed by atoms with van der Waals surface area (Å²) >= 11 is 1.70. The van der Waals surface area contributed by atoms with Crippen LogP contribution in [0.4, 0.5) is 0 Å². The Bertz CT molecular complexity index is 848. The molecule has 4 rings (SSSR count). The summed E-state index contributed by atoms with van der Waals surface area (Å²) in [6.45, 7) is 0. The van der Waals surface area contributed by atoms with Gasteiger partial charge in [-0.3, -0.25) is 0 Å². The van der Waals surface area contributed by atoms with Crippen molar-refractivity contribution in [3.8, 4) is 16.3 Å². The maximum Gasteiger partial charge on any atom is 0.163 e. The van der Waals surface area contributed by atoms with Crippen molar-refractivity contribution in [3.63, 3.8) is 0 Å². The van der Waals surface area contributed by atoms with Crippen molar-refractivity contribution in [2.45, 2.75) is 0 Å². The molecule has 96 valence electrons. The molecule has 0 aliphatic carbocycles. The molecule has 0 saturated carbocycles. The van der Waals surface area contributed by atoms with E-state index in [2.05, 4.69) is 22.5 Å². The quantitative estimate of drug-likeness (QED) is 0.551. The fraction of sp³-hybridized carbons (Fsp3) is 0. The van der Waals surface area contributed by atoms with Crippen molar-refractivity contribution in [2.24, 2.45) is 0 Å². The predicted molar refractivity (Wildman–Crippen MR) is 82.2 cm³/mol. The van der Waals surface area contributed by atoms with Crippen molar-refractivity contribution in [1.82, 2.24) is 14.8 Å². The van der Waals surface area contributed by atoms with Gasteiger partial charge in [0, 0.05) is 11.6 Å². The number of thiophene rings is 1. The van der Waals surface area contributed by atoms with Gasteiger partial charge in [-0.05, 0) is 35.7 Å². The molecule has 3 nitrogen and oxygen atoms in total. The topological polar surface area (TPSA) is 30.7 Å². The van der Waals surface area contributed by atoms with E-state index in [1.807, 2.05) is 53.3 Å². The molecule has 0 N–H and O–H groups in total. The lowest BCUT2D eigenvalue weighted by atomic mass is 10.2. The Kier molecular flexibility index (Phi) is 2.60. The molecule has 0 aliphatic rings. The zero-order valence-corrected chi connectivity index (χ0v) is 11.4. The highest BCUT2D eigenvalue weighted by Gasteiger charge is 2.14. The van der Waals surface area contributed by atoms with Gasteiger partial charge in [0.05, 0.1) is 10.6 Å². The molecule has 4 heteroatoms. The summed E-state index contributed by atoms with van der Waals surface area (Å²) in [5, 5.41) is 7.92. The largest absolute Gasteiger partial charge is 0.237 e. The maximum absolute atomic E-state index is 4.77. The van der Waals surface area contributed by atoms with Crippen LogP contribution in [0.5, 0.6) is 0 Å². The number of pyridine rings is 1. The highest BCUT2D eigenvalue weighted by atomic mass is 32.1. The summed E-state index contributed by atoms with van der Waals surface area (Å²) in [5.74, 6) is 0. The van der Waals surface area contributed by atoms with Crippen LogP contribution in [-0.2, 0) is 0 Å². The molecule has 0 bridgehead atoms. The van der Waals surface area contributed by atoms with E-state index in [-0.39, 0.29) is 0 Å². The Hall–Kier alpha value is -2.46. The second kappa shape index (κ2) is 4.58. The van der Waals surface area contributed by atoms with Crippen molar-refractivity contribution in [2.75, 3.05) is 0 Å². The monoisotopic (exact) mass is 277 g/mol. The van der Waals surface area contributed by atoms with E-state index in [1.54, 1.807) is 11.3 Å². The molecule has 4 aromatic rings. The molecule has 1 aromatic carbocycles. The van der Waals surface area contributed by atoms with Crippen LogP contribution in [0, 0.1) is 0 Å². The third-order valence-corrected chi connectivity index (χ3v) is 4.07. The maximum atomic E-state index is 4.77. The second-order valence-electron chi connectivity index (χ2n) is 4.45. The summed E-state index contributed by atoms with van der Waals surface area (Å²) < 4.78 is 1.91. The molecule has 0 aliphatic heterocycles. The number of nitrogens with zero attached hydrogens (tertiary/aromatic N) is 3. The predicted octanol–water partition coefficient (Wildman–Crippen LogP) is 4.15. The fourth-order valence-electron chi connectivity index (χ4n) is 2.30. The molecule has 0 saturated heterocycles. The van der Waals surface area contributed by atoms with Gasteiger partial charge in [0.25, 0.3) is 0 Å². The minimum atomic E-state index is 0.891. The summed E-state index contributed by atoms with van der Waals surface area (Å²) in [6.07, 6.45) is 1.81. The molecule has 0 fully saturated rings. The van der Waals surface area contributed by atoms with Crippen LogP contribution < -0.4 is 0 Å². The van der Waals surface area contributed by atoms with Crippen molar-refractivity contribution in [1.29, 1.82) is 0 Å². The lowest BCUT2D eigenvalue weighted by Gasteiger charge is -2.01. The number of aromatic nitrogens is 3. The average molecular weight is 277 g/mol. The third kappa shape index (κ3) is 1.73. The Morgan fingerprint density at radius 1 is 0.900 bits per heavy atom. The summed E-state index contributed by atoms with van der Waals surface area (Å²) in [4.78, 5) is 5.66. The number of hydrogen-bond donors (Lipinski definition) is 0. The zero-order chi connectivity index (χ0) is 13.4. The Balaban J connectivity index is 2.04. The van der Waals surface area contributed by atoms with Crippen LogP contribution >= 0.6 is 11.3 Å². The van der Waals surface area contributed by atoms with E-state index in [0.29, 0.717) is 0 Å². The smallest absolute Gasteiger partial charge is 0.163 e. The van der Waals surface area contributed by atoms with Gasteiger partial charge in [-0.2, -0.15) is 5.10 Å². The van der Waals surface area contributed by atoms with Crippen LogP contribution in [0.2, 0.25) is 0 Å². The molecule has 20 heavy (non-hydrogen) atoms. The van der Waals surface area contributed by atoms with Crippen molar-refractivity contribution < 1.29 is 0 Å². The molecular formula is C16H11N3S. The lowest BCUT2D eigenvalue weighted by molar-refractivity contribution is 0.902. The van der Waals surface area contributed by atoms with Crippen molar-refractivity contribution in [3.05, 3.63) is 66.2 Å². The van der Waals surface area contributed by atoms with E-state index in [9.17, 15) is 0 Å². The summed E-state index contributed by atoms with van der Waals surface area (Å²) in [7, 11) is 0. The molecule has 3 aromatic heterocycles.